The van der Waals surface area contributed by atoms with Crippen LogP contribution in [0.3, 0.4) is 0 Å². The number of nitrogens with zero attached hydrogens (tertiary/aromatic N) is 1. The number of pyridine rings is 1. The Balaban J connectivity index is 1.79. The number of ether oxygens (including phenoxy) is 5. The van der Waals surface area contributed by atoms with E-state index in [4.69, 9.17) is 28.7 Å². The third-order valence-electron chi connectivity index (χ3n) is 8.99. The van der Waals surface area contributed by atoms with Crippen molar-refractivity contribution in [2.45, 2.75) is 20.8 Å². The van der Waals surface area contributed by atoms with Gasteiger partial charge in [-0.1, -0.05) is 54.6 Å². The summed E-state index contributed by atoms with van der Waals surface area (Å²) < 4.78 is 29.4. The lowest BCUT2D eigenvalue weighted by Crippen LogP contribution is -2.31. The van der Waals surface area contributed by atoms with Crippen molar-refractivity contribution in [2.75, 3.05) is 40.7 Å². The predicted octanol–water partition coefficient (Wildman–Crippen LogP) is 8.48. The molecular formula is C43H43NO6P+. The molecule has 7 nitrogen and oxygen atoms in total. The van der Waals surface area contributed by atoms with Crippen LogP contribution >= 0.6 is 7.26 Å². The molecule has 1 aromatic heterocycles. The first-order valence-electron chi connectivity index (χ1n) is 17.1. The van der Waals surface area contributed by atoms with E-state index in [0.717, 1.165) is 16.4 Å². The summed E-state index contributed by atoms with van der Waals surface area (Å²) in [6.45, 7) is 9.07. The van der Waals surface area contributed by atoms with Gasteiger partial charge >= 0.3 is 5.97 Å². The molecule has 5 aromatic carbocycles. The highest BCUT2D eigenvalue weighted by molar-refractivity contribution is 7.95. The smallest absolute Gasteiger partial charge is 0.341 e. The summed E-state index contributed by atoms with van der Waals surface area (Å²) in [5.74, 6) is 1.76. The van der Waals surface area contributed by atoms with E-state index < -0.39 is 13.2 Å². The molecule has 0 saturated carbocycles. The zero-order valence-electron chi connectivity index (χ0n) is 29.9. The minimum absolute atomic E-state index is 0.190. The SMILES string of the molecule is CCOC(=O)c1c(-c2ccccc2[P+](C)(c2ccccc2)c2ccccc2)nc2cc(OCC)c(OCC)cc2c1-c1ccc(OC)c(OC)c1. The lowest BCUT2D eigenvalue weighted by Gasteiger charge is -2.26. The monoisotopic (exact) mass is 700 g/mol. The summed E-state index contributed by atoms with van der Waals surface area (Å²) in [7, 11) is 0.919. The van der Waals surface area contributed by atoms with Gasteiger partial charge in [-0.05, 0) is 80.9 Å². The molecule has 0 bridgehead atoms. The van der Waals surface area contributed by atoms with Gasteiger partial charge in [-0.2, -0.15) is 0 Å². The number of hydrogen-bond donors (Lipinski definition) is 0. The molecule has 0 amide bonds. The Morgan fingerprint density at radius 3 is 1.82 bits per heavy atom. The van der Waals surface area contributed by atoms with Gasteiger partial charge in [-0.15, -0.1) is 0 Å². The number of hydrogen-bond acceptors (Lipinski definition) is 7. The van der Waals surface area contributed by atoms with E-state index >= 15 is 0 Å². The fourth-order valence-corrected chi connectivity index (χ4v) is 10.1. The Kier molecular flexibility index (Phi) is 10.9. The van der Waals surface area contributed by atoms with Crippen molar-refractivity contribution in [1.29, 1.82) is 0 Å². The quantitative estimate of drug-likeness (QED) is 0.0884. The van der Waals surface area contributed by atoms with Crippen molar-refractivity contribution < 1.29 is 28.5 Å². The minimum Gasteiger partial charge on any atom is -0.493 e. The molecule has 8 heteroatoms. The maximum Gasteiger partial charge on any atom is 0.341 e. The number of fused-ring (bicyclic) bond motifs is 1. The normalized spacial score (nSPS) is 11.3. The summed E-state index contributed by atoms with van der Waals surface area (Å²) >= 11 is 0. The molecular weight excluding hydrogens is 657 g/mol. The van der Waals surface area contributed by atoms with E-state index in [9.17, 15) is 4.79 Å². The fourth-order valence-electron chi connectivity index (χ4n) is 6.64. The van der Waals surface area contributed by atoms with Crippen LogP contribution in [-0.4, -0.2) is 51.7 Å². The van der Waals surface area contributed by atoms with Gasteiger partial charge in [0.1, 0.15) is 23.2 Å². The molecule has 0 spiro atoms. The lowest BCUT2D eigenvalue weighted by atomic mass is 9.91. The van der Waals surface area contributed by atoms with Crippen LogP contribution in [0.25, 0.3) is 33.3 Å². The average Bonchev–Trinajstić information content (AvgIpc) is 3.17. The number of carbonyl (C=O) groups excluding carboxylic acids is 1. The van der Waals surface area contributed by atoms with Gasteiger partial charge < -0.3 is 23.7 Å². The molecule has 0 radical (unpaired) electrons. The van der Waals surface area contributed by atoms with Crippen LogP contribution in [0.4, 0.5) is 0 Å². The third kappa shape index (κ3) is 6.74. The number of benzene rings is 5. The van der Waals surface area contributed by atoms with E-state index in [1.165, 1.54) is 10.6 Å². The van der Waals surface area contributed by atoms with Crippen molar-refractivity contribution in [3.63, 3.8) is 0 Å². The molecule has 51 heavy (non-hydrogen) atoms. The van der Waals surface area contributed by atoms with Crippen LogP contribution in [0.5, 0.6) is 23.0 Å². The summed E-state index contributed by atoms with van der Waals surface area (Å²) in [6.07, 6.45) is 0. The number of rotatable bonds is 13. The summed E-state index contributed by atoms with van der Waals surface area (Å²) in [4.78, 5) is 19.8. The van der Waals surface area contributed by atoms with Gasteiger partial charge in [0.2, 0.25) is 0 Å². The van der Waals surface area contributed by atoms with E-state index in [-0.39, 0.29) is 6.61 Å². The first-order chi connectivity index (χ1) is 24.9. The van der Waals surface area contributed by atoms with Crippen molar-refractivity contribution in [1.82, 2.24) is 4.98 Å². The van der Waals surface area contributed by atoms with Crippen LogP contribution < -0.4 is 34.9 Å². The summed E-state index contributed by atoms with van der Waals surface area (Å²) in [6, 6.07) is 38.9. The maximum atomic E-state index is 14.5. The Hall–Kier alpha value is -5.39. The van der Waals surface area contributed by atoms with Crippen LogP contribution in [0.1, 0.15) is 31.1 Å². The molecule has 0 aliphatic rings. The van der Waals surface area contributed by atoms with E-state index in [0.29, 0.717) is 63.9 Å². The molecule has 1 heterocycles. The number of aromatic nitrogens is 1. The van der Waals surface area contributed by atoms with Crippen LogP contribution in [0.2, 0.25) is 0 Å². The third-order valence-corrected chi connectivity index (χ3v) is 13.0. The maximum absolute atomic E-state index is 14.5. The Morgan fingerprint density at radius 2 is 1.24 bits per heavy atom. The van der Waals surface area contributed by atoms with Crippen molar-refractivity contribution >= 4 is 40.0 Å². The minimum atomic E-state index is -2.28. The molecule has 0 saturated heterocycles. The molecule has 6 aromatic rings. The highest BCUT2D eigenvalue weighted by Gasteiger charge is 2.43. The summed E-state index contributed by atoms with van der Waals surface area (Å²) in [5, 5.41) is 4.22. The zero-order valence-corrected chi connectivity index (χ0v) is 30.8. The van der Waals surface area contributed by atoms with Gasteiger partial charge in [-0.25, -0.2) is 9.78 Å². The van der Waals surface area contributed by atoms with Gasteiger partial charge in [0.25, 0.3) is 0 Å². The molecule has 0 aliphatic heterocycles. The Labute approximate surface area is 300 Å². The van der Waals surface area contributed by atoms with Crippen LogP contribution in [0, 0.1) is 0 Å². The number of carbonyl (C=O) groups is 1. The fraction of sp³-hybridized carbons (Fsp3) is 0.209. The topological polar surface area (TPSA) is 76.1 Å². The first kappa shape index (κ1) is 35.4. The molecule has 260 valence electrons. The number of methoxy groups -OCH3 is 2. The largest absolute Gasteiger partial charge is 0.493 e. The van der Waals surface area contributed by atoms with Crippen LogP contribution in [0.15, 0.2) is 115 Å². The molecule has 0 unspecified atom stereocenters. The van der Waals surface area contributed by atoms with E-state index in [2.05, 4.69) is 73.4 Å². The molecule has 0 atom stereocenters. The molecule has 0 N–H and O–H groups in total. The standard InChI is InChI=1S/C43H43NO6P/c1-7-48-37-27-33-34(28-38(37)49-8-2)44-42(41(43(45)50-9-3)40(33)29-24-25-35(46-4)36(26-29)47-5)32-22-16-17-23-39(32)51(6,30-18-12-10-13-19-30)31-20-14-11-15-21-31/h10-28H,7-9H2,1-6H3/q+1. The zero-order chi connectivity index (χ0) is 36.0. The number of esters is 1. The second-order valence-electron chi connectivity index (χ2n) is 11.9. The van der Waals surface area contributed by atoms with Crippen molar-refractivity contribution in [3.8, 4) is 45.4 Å². The average molecular weight is 701 g/mol. The van der Waals surface area contributed by atoms with Gasteiger partial charge in [0.15, 0.2) is 23.0 Å². The first-order valence-corrected chi connectivity index (χ1v) is 19.4. The summed E-state index contributed by atoms with van der Waals surface area (Å²) in [5.41, 5.74) is 3.74. The second kappa shape index (κ2) is 15.7. The Bertz CT molecular complexity index is 2110. The van der Waals surface area contributed by atoms with Crippen molar-refractivity contribution in [3.05, 3.63) is 121 Å². The predicted molar refractivity (Wildman–Crippen MR) is 209 cm³/mol. The van der Waals surface area contributed by atoms with Crippen molar-refractivity contribution in [2.24, 2.45) is 0 Å². The second-order valence-corrected chi connectivity index (χ2v) is 15.4. The molecule has 0 aliphatic carbocycles. The van der Waals surface area contributed by atoms with Gasteiger partial charge in [0, 0.05) is 22.6 Å². The van der Waals surface area contributed by atoms with E-state index in [1.54, 1.807) is 14.2 Å². The highest BCUT2D eigenvalue weighted by atomic mass is 31.2. The van der Waals surface area contributed by atoms with E-state index in [1.807, 2.05) is 69.3 Å². The van der Waals surface area contributed by atoms with Crippen LogP contribution in [-0.2, 0) is 4.74 Å². The van der Waals surface area contributed by atoms with Gasteiger partial charge in [0.05, 0.1) is 57.5 Å². The Morgan fingerprint density at radius 1 is 0.647 bits per heavy atom. The lowest BCUT2D eigenvalue weighted by molar-refractivity contribution is 0.0528. The molecule has 6 rings (SSSR count). The highest BCUT2D eigenvalue weighted by Crippen LogP contribution is 2.54. The molecule has 0 fully saturated rings. The van der Waals surface area contributed by atoms with Gasteiger partial charge in [-0.3, -0.25) is 0 Å².